The van der Waals surface area contributed by atoms with Crippen LogP contribution in [0.25, 0.3) is 0 Å². The minimum Gasteiger partial charge on any atom is -0.391 e. The van der Waals surface area contributed by atoms with Gasteiger partial charge in [-0.25, -0.2) is 9.97 Å². The lowest BCUT2D eigenvalue weighted by molar-refractivity contribution is -0.163. The molecule has 2 atom stereocenters. The molecular weight excluding hydrogens is 290 g/mol. The quantitative estimate of drug-likeness (QED) is 0.589. The van der Waals surface area contributed by atoms with Crippen LogP contribution in [0.15, 0.2) is 11.4 Å². The third-order valence-electron chi connectivity index (χ3n) is 3.25. The van der Waals surface area contributed by atoms with E-state index in [0.29, 0.717) is 23.1 Å². The molecule has 1 aromatic rings. The van der Waals surface area contributed by atoms with Crippen LogP contribution in [0.1, 0.15) is 31.7 Å². The number of nitrogens with one attached hydrogen (secondary N) is 1. The van der Waals surface area contributed by atoms with E-state index in [9.17, 15) is 5.11 Å². The number of ether oxygens (including phenoxy) is 2. The third kappa shape index (κ3) is 5.10. The average molecular weight is 313 g/mol. The van der Waals surface area contributed by atoms with Gasteiger partial charge in [-0.2, -0.15) is 0 Å². The number of thioether (sulfide) groups is 1. The highest BCUT2D eigenvalue weighted by Crippen LogP contribution is 2.18. The molecule has 7 heteroatoms. The molecular formula is C14H23N3O3S. The van der Waals surface area contributed by atoms with Crippen molar-refractivity contribution >= 4 is 17.6 Å². The minimum absolute atomic E-state index is 0.0745. The van der Waals surface area contributed by atoms with Gasteiger partial charge < -0.3 is 19.9 Å². The summed E-state index contributed by atoms with van der Waals surface area (Å²) in [5.74, 6) is 0.664. The van der Waals surface area contributed by atoms with E-state index < -0.39 is 0 Å². The number of nitrogens with zero attached hydrogens (tertiary/aromatic N) is 2. The molecule has 1 aliphatic rings. The second kappa shape index (κ2) is 8.53. The van der Waals surface area contributed by atoms with E-state index in [0.717, 1.165) is 25.9 Å². The van der Waals surface area contributed by atoms with Crippen molar-refractivity contribution in [1.82, 2.24) is 9.97 Å². The second-order valence-corrected chi connectivity index (χ2v) is 5.84. The maximum Gasteiger partial charge on any atom is 0.189 e. The van der Waals surface area contributed by atoms with Crippen molar-refractivity contribution in [1.29, 1.82) is 0 Å². The SMILES string of the molecule is CSc1ncc(CO)c(N[C@H](C)COC2CCCCO2)n1. The molecule has 0 bridgehead atoms. The molecule has 0 aromatic carbocycles. The zero-order chi connectivity index (χ0) is 15.1. The molecule has 2 heterocycles. The summed E-state index contributed by atoms with van der Waals surface area (Å²) in [5.41, 5.74) is 0.688. The normalized spacial score (nSPS) is 20.2. The van der Waals surface area contributed by atoms with Gasteiger partial charge in [-0.3, -0.25) is 0 Å². The van der Waals surface area contributed by atoms with Crippen molar-refractivity contribution in [3.05, 3.63) is 11.8 Å². The highest BCUT2D eigenvalue weighted by Gasteiger charge is 2.16. The van der Waals surface area contributed by atoms with E-state index in [-0.39, 0.29) is 18.9 Å². The molecule has 0 saturated carbocycles. The van der Waals surface area contributed by atoms with E-state index in [1.54, 1.807) is 6.20 Å². The summed E-state index contributed by atoms with van der Waals surface area (Å²) >= 11 is 1.47. The van der Waals surface area contributed by atoms with Crippen LogP contribution in [0.3, 0.4) is 0 Å². The van der Waals surface area contributed by atoms with Crippen LogP contribution < -0.4 is 5.32 Å². The van der Waals surface area contributed by atoms with Crippen LogP contribution in [0.4, 0.5) is 5.82 Å². The summed E-state index contributed by atoms with van der Waals surface area (Å²) in [6.07, 6.45) is 6.71. The predicted molar refractivity (Wildman–Crippen MR) is 82.4 cm³/mol. The highest BCUT2D eigenvalue weighted by atomic mass is 32.2. The molecule has 21 heavy (non-hydrogen) atoms. The molecule has 0 spiro atoms. The first kappa shape index (κ1) is 16.5. The van der Waals surface area contributed by atoms with E-state index in [1.165, 1.54) is 11.8 Å². The first-order valence-corrected chi connectivity index (χ1v) is 8.46. The summed E-state index contributed by atoms with van der Waals surface area (Å²) in [4.78, 5) is 8.55. The zero-order valence-electron chi connectivity index (χ0n) is 12.5. The molecule has 118 valence electrons. The number of hydrogen-bond acceptors (Lipinski definition) is 7. The summed E-state index contributed by atoms with van der Waals surface area (Å²) in [5, 5.41) is 13.3. The molecule has 1 saturated heterocycles. The van der Waals surface area contributed by atoms with Crippen LogP contribution in [0, 0.1) is 0 Å². The van der Waals surface area contributed by atoms with Crippen LogP contribution >= 0.6 is 11.8 Å². The molecule has 1 aliphatic heterocycles. The average Bonchev–Trinajstić information content (AvgIpc) is 2.54. The fourth-order valence-corrected chi connectivity index (χ4v) is 2.44. The smallest absolute Gasteiger partial charge is 0.189 e. The van der Waals surface area contributed by atoms with Crippen molar-refractivity contribution < 1.29 is 14.6 Å². The topological polar surface area (TPSA) is 76.5 Å². The van der Waals surface area contributed by atoms with Gasteiger partial charge >= 0.3 is 0 Å². The Kier molecular flexibility index (Phi) is 6.69. The Hall–Kier alpha value is -0.890. The first-order valence-electron chi connectivity index (χ1n) is 7.23. The number of aromatic nitrogens is 2. The van der Waals surface area contributed by atoms with Crippen LogP contribution in [0.2, 0.25) is 0 Å². The van der Waals surface area contributed by atoms with Gasteiger partial charge in [0.1, 0.15) is 5.82 Å². The molecule has 2 N–H and O–H groups in total. The number of aliphatic hydroxyl groups is 1. The standard InChI is InChI=1S/C14H23N3O3S/c1-10(9-20-12-5-3-4-6-19-12)16-13-11(8-18)7-15-14(17-13)21-2/h7,10,12,18H,3-6,8-9H2,1-2H3,(H,15,16,17)/t10-,12?/m1/s1. The van der Waals surface area contributed by atoms with Crippen molar-refractivity contribution in [3.8, 4) is 0 Å². The van der Waals surface area contributed by atoms with Gasteiger partial charge in [0.2, 0.25) is 0 Å². The highest BCUT2D eigenvalue weighted by molar-refractivity contribution is 7.98. The van der Waals surface area contributed by atoms with Crippen LogP contribution in [0.5, 0.6) is 0 Å². The summed E-state index contributed by atoms with van der Waals surface area (Å²) in [7, 11) is 0. The van der Waals surface area contributed by atoms with Gasteiger partial charge in [0, 0.05) is 24.4 Å². The molecule has 6 nitrogen and oxygen atoms in total. The Morgan fingerprint density at radius 1 is 1.57 bits per heavy atom. The fourth-order valence-electron chi connectivity index (χ4n) is 2.10. The third-order valence-corrected chi connectivity index (χ3v) is 3.81. The second-order valence-electron chi connectivity index (χ2n) is 5.06. The molecule has 1 fully saturated rings. The molecule has 1 unspecified atom stereocenters. The molecule has 0 radical (unpaired) electrons. The van der Waals surface area contributed by atoms with E-state index >= 15 is 0 Å². The van der Waals surface area contributed by atoms with E-state index in [4.69, 9.17) is 9.47 Å². The maximum absolute atomic E-state index is 9.35. The Morgan fingerprint density at radius 3 is 3.10 bits per heavy atom. The molecule has 0 aliphatic carbocycles. The summed E-state index contributed by atoms with van der Waals surface area (Å²) < 4.78 is 11.3. The fraction of sp³-hybridized carbons (Fsp3) is 0.714. The largest absolute Gasteiger partial charge is 0.391 e. The lowest BCUT2D eigenvalue weighted by Gasteiger charge is -2.25. The Balaban J connectivity index is 1.87. The Morgan fingerprint density at radius 2 is 2.43 bits per heavy atom. The lowest BCUT2D eigenvalue weighted by atomic mass is 10.2. The van der Waals surface area contributed by atoms with Crippen molar-refractivity contribution in [2.75, 3.05) is 24.8 Å². The number of hydrogen-bond donors (Lipinski definition) is 2. The van der Waals surface area contributed by atoms with Crippen molar-refractivity contribution in [3.63, 3.8) is 0 Å². The van der Waals surface area contributed by atoms with Gasteiger partial charge in [0.25, 0.3) is 0 Å². The predicted octanol–water partition coefficient (Wildman–Crippen LogP) is 2.03. The van der Waals surface area contributed by atoms with Gasteiger partial charge in [-0.1, -0.05) is 11.8 Å². The summed E-state index contributed by atoms with van der Waals surface area (Å²) in [6.45, 7) is 3.25. The Labute approximate surface area is 129 Å². The number of rotatable bonds is 7. The first-order chi connectivity index (χ1) is 10.2. The molecule has 0 amide bonds. The van der Waals surface area contributed by atoms with Gasteiger partial charge in [0.05, 0.1) is 13.2 Å². The van der Waals surface area contributed by atoms with Crippen molar-refractivity contribution in [2.45, 2.75) is 50.3 Å². The van der Waals surface area contributed by atoms with Gasteiger partial charge in [-0.05, 0) is 32.4 Å². The van der Waals surface area contributed by atoms with Gasteiger partial charge in [0.15, 0.2) is 11.4 Å². The molecule has 1 aromatic heterocycles. The van der Waals surface area contributed by atoms with Crippen molar-refractivity contribution in [2.24, 2.45) is 0 Å². The van der Waals surface area contributed by atoms with E-state index in [1.807, 2.05) is 13.2 Å². The maximum atomic E-state index is 9.35. The Bertz CT molecular complexity index is 441. The molecule has 2 rings (SSSR count). The lowest BCUT2D eigenvalue weighted by Crippen LogP contribution is -2.29. The zero-order valence-corrected chi connectivity index (χ0v) is 13.4. The summed E-state index contributed by atoms with van der Waals surface area (Å²) in [6, 6.07) is 0.0745. The van der Waals surface area contributed by atoms with Crippen LogP contribution in [-0.4, -0.2) is 46.9 Å². The monoisotopic (exact) mass is 313 g/mol. The minimum atomic E-state index is -0.0903. The number of anilines is 1. The van der Waals surface area contributed by atoms with Crippen LogP contribution in [-0.2, 0) is 16.1 Å². The van der Waals surface area contributed by atoms with Gasteiger partial charge in [-0.15, -0.1) is 0 Å². The number of aliphatic hydroxyl groups excluding tert-OH is 1. The van der Waals surface area contributed by atoms with E-state index in [2.05, 4.69) is 15.3 Å².